The lowest BCUT2D eigenvalue weighted by Gasteiger charge is -2.08. The number of nitrogens with two attached hydrogens (primary N) is 1. The van der Waals surface area contributed by atoms with E-state index in [1.807, 2.05) is 0 Å². The van der Waals surface area contributed by atoms with Crippen molar-refractivity contribution in [2.45, 2.75) is 18.3 Å². The molecule has 0 saturated heterocycles. The van der Waals surface area contributed by atoms with Crippen LogP contribution in [-0.2, 0) is 9.59 Å². The standard InChI is InChI=1S/C8H11NO3.C4H6O6.2H2O/c9-4-8(12)5-1-2-6(10)7(11)3-5;5-1(3(7)8)2(6)4(9)10;;/h1-3,8,10-12H,4,9H2;1-2,5-6H,(H,7,8)(H,9,10);2*1H2/t8-;1-,2-;;/m01../s1. The molecule has 0 unspecified atom stereocenters. The molecule has 0 amide bonds. The summed E-state index contributed by atoms with van der Waals surface area (Å²) in [6, 6.07) is 4.10. The maximum absolute atomic E-state index is 9.77. The zero-order valence-corrected chi connectivity index (χ0v) is 12.2. The van der Waals surface area contributed by atoms with Crippen molar-refractivity contribution in [2.75, 3.05) is 6.54 Å². The monoisotopic (exact) mass is 355 g/mol. The van der Waals surface area contributed by atoms with Crippen molar-refractivity contribution in [3.63, 3.8) is 0 Å². The first kappa shape index (κ1) is 26.4. The van der Waals surface area contributed by atoms with Crippen molar-refractivity contribution in [1.29, 1.82) is 0 Å². The lowest BCUT2D eigenvalue weighted by molar-refractivity contribution is -0.165. The van der Waals surface area contributed by atoms with Crippen LogP contribution in [0.1, 0.15) is 11.7 Å². The minimum Gasteiger partial charge on any atom is -0.504 e. The van der Waals surface area contributed by atoms with Crippen LogP contribution in [0.15, 0.2) is 18.2 Å². The van der Waals surface area contributed by atoms with Gasteiger partial charge in [0, 0.05) is 6.54 Å². The van der Waals surface area contributed by atoms with Gasteiger partial charge in [0.25, 0.3) is 0 Å². The van der Waals surface area contributed by atoms with Crippen LogP contribution in [0.4, 0.5) is 0 Å². The van der Waals surface area contributed by atoms with Crippen molar-refractivity contribution < 1.29 is 56.3 Å². The second kappa shape index (κ2) is 12.0. The summed E-state index contributed by atoms with van der Waals surface area (Å²) >= 11 is 0. The molecule has 0 saturated carbocycles. The number of aliphatic hydroxyl groups excluding tert-OH is 3. The second-order valence-corrected chi connectivity index (χ2v) is 4.07. The van der Waals surface area contributed by atoms with Crippen molar-refractivity contribution in [1.82, 2.24) is 0 Å². The van der Waals surface area contributed by atoms with Gasteiger partial charge in [-0.1, -0.05) is 6.07 Å². The van der Waals surface area contributed by atoms with Gasteiger partial charge < -0.3 is 52.4 Å². The summed E-state index contributed by atoms with van der Waals surface area (Å²) in [4.78, 5) is 19.5. The number of carbonyl (C=O) groups is 2. The first-order valence-electron chi connectivity index (χ1n) is 5.83. The number of phenols is 2. The van der Waals surface area contributed by atoms with Crippen LogP contribution < -0.4 is 5.73 Å². The molecule has 0 fully saturated rings. The van der Waals surface area contributed by atoms with E-state index in [9.17, 15) is 14.7 Å². The molecule has 3 atom stereocenters. The molecule has 0 aliphatic rings. The van der Waals surface area contributed by atoms with E-state index in [0.717, 1.165) is 0 Å². The van der Waals surface area contributed by atoms with Crippen molar-refractivity contribution in [3.8, 4) is 11.5 Å². The molecular weight excluding hydrogens is 334 g/mol. The molecule has 24 heavy (non-hydrogen) atoms. The molecule has 0 spiro atoms. The summed E-state index contributed by atoms with van der Waals surface area (Å²) in [5.41, 5.74) is 5.69. The Morgan fingerprint density at radius 1 is 0.917 bits per heavy atom. The summed E-state index contributed by atoms with van der Waals surface area (Å²) in [6.07, 6.45) is -5.33. The molecule has 0 aliphatic heterocycles. The molecule has 0 aliphatic carbocycles. The number of carboxylic acid groups (broad SMARTS) is 2. The van der Waals surface area contributed by atoms with Crippen LogP contribution in [0, 0.1) is 0 Å². The maximum atomic E-state index is 9.77. The van der Waals surface area contributed by atoms with Crippen LogP contribution in [-0.4, -0.2) is 77.4 Å². The van der Waals surface area contributed by atoms with Crippen molar-refractivity contribution >= 4 is 11.9 Å². The van der Waals surface area contributed by atoms with Gasteiger partial charge in [-0.15, -0.1) is 0 Å². The van der Waals surface area contributed by atoms with E-state index in [-0.39, 0.29) is 29.0 Å². The first-order valence-corrected chi connectivity index (χ1v) is 5.83. The summed E-state index contributed by atoms with van der Waals surface area (Å²) in [5, 5.41) is 59.7. The highest BCUT2D eigenvalue weighted by Gasteiger charge is 2.29. The summed E-state index contributed by atoms with van der Waals surface area (Å²) in [7, 11) is 0. The summed E-state index contributed by atoms with van der Waals surface area (Å²) in [5.74, 6) is -3.99. The van der Waals surface area contributed by atoms with E-state index in [2.05, 4.69) is 0 Å². The molecule has 1 aromatic carbocycles. The van der Waals surface area contributed by atoms with Gasteiger partial charge in [-0.2, -0.15) is 0 Å². The second-order valence-electron chi connectivity index (χ2n) is 4.07. The summed E-state index contributed by atoms with van der Waals surface area (Å²) in [6.45, 7) is 0.0875. The third kappa shape index (κ3) is 8.23. The maximum Gasteiger partial charge on any atom is 0.335 e. The van der Waals surface area contributed by atoms with Gasteiger partial charge in [-0.25, -0.2) is 9.59 Å². The van der Waals surface area contributed by atoms with E-state index in [0.29, 0.717) is 5.56 Å². The van der Waals surface area contributed by atoms with Gasteiger partial charge in [-0.3, -0.25) is 0 Å². The third-order valence-electron chi connectivity index (χ3n) is 2.41. The number of benzene rings is 1. The van der Waals surface area contributed by atoms with Crippen LogP contribution in [0.25, 0.3) is 0 Å². The molecule has 0 radical (unpaired) electrons. The van der Waals surface area contributed by atoms with E-state index < -0.39 is 30.3 Å². The van der Waals surface area contributed by atoms with E-state index in [4.69, 9.17) is 36.4 Å². The highest BCUT2D eigenvalue weighted by Crippen LogP contribution is 2.27. The highest BCUT2D eigenvalue weighted by molar-refractivity contribution is 5.83. The van der Waals surface area contributed by atoms with Crippen molar-refractivity contribution in [2.24, 2.45) is 5.73 Å². The van der Waals surface area contributed by atoms with Gasteiger partial charge in [0.15, 0.2) is 23.7 Å². The van der Waals surface area contributed by atoms with Crippen molar-refractivity contribution in [3.05, 3.63) is 23.8 Å². The molecule has 12 nitrogen and oxygen atoms in total. The Balaban J connectivity index is -0.000000345. The molecule has 0 heterocycles. The fourth-order valence-electron chi connectivity index (χ4n) is 1.15. The van der Waals surface area contributed by atoms with E-state index in [1.165, 1.54) is 18.2 Å². The number of carboxylic acids is 2. The molecular formula is C12H21NO11. The molecule has 1 rings (SSSR count). The number of phenolic OH excluding ortho intramolecular Hbond substituents is 2. The number of aliphatic hydroxyl groups is 3. The van der Waals surface area contributed by atoms with Crippen LogP contribution in [0.2, 0.25) is 0 Å². The fourth-order valence-corrected chi connectivity index (χ4v) is 1.15. The van der Waals surface area contributed by atoms with Crippen LogP contribution in [0.3, 0.4) is 0 Å². The Morgan fingerprint density at radius 2 is 1.33 bits per heavy atom. The average molecular weight is 355 g/mol. The van der Waals surface area contributed by atoms with Crippen LogP contribution in [0.5, 0.6) is 11.5 Å². The Kier molecular flexibility index (Phi) is 13.2. The number of aliphatic carboxylic acids is 2. The molecule has 1 aromatic rings. The average Bonchev–Trinajstić information content (AvgIpc) is 2.48. The predicted octanol–water partition coefficient (Wildman–Crippen LogP) is -3.68. The summed E-state index contributed by atoms with van der Waals surface area (Å²) < 4.78 is 0. The Hall–Kier alpha value is -2.48. The van der Waals surface area contributed by atoms with Gasteiger partial charge in [0.2, 0.25) is 0 Å². The van der Waals surface area contributed by atoms with Gasteiger partial charge in [0.05, 0.1) is 6.10 Å². The molecule has 13 N–H and O–H groups in total. The Bertz CT molecular complexity index is 504. The zero-order chi connectivity index (χ0) is 17.4. The lowest BCUT2D eigenvalue weighted by Crippen LogP contribution is -2.39. The molecule has 12 heteroatoms. The number of rotatable bonds is 5. The minimum atomic E-state index is -2.27. The first-order chi connectivity index (χ1) is 10.1. The Morgan fingerprint density at radius 3 is 1.62 bits per heavy atom. The topological polar surface area (TPSA) is 265 Å². The largest absolute Gasteiger partial charge is 0.504 e. The highest BCUT2D eigenvalue weighted by atomic mass is 16.4. The smallest absolute Gasteiger partial charge is 0.335 e. The quantitative estimate of drug-likeness (QED) is 0.239. The van der Waals surface area contributed by atoms with Crippen LogP contribution >= 0.6 is 0 Å². The number of hydrogen-bond acceptors (Lipinski definition) is 8. The van der Waals surface area contributed by atoms with E-state index >= 15 is 0 Å². The number of aromatic hydroxyl groups is 2. The Labute approximate surface area is 135 Å². The SMILES string of the molecule is NC[C@H](O)c1ccc(O)c(O)c1.O.O.O=C(O)[C@H](O)[C@@H](O)C(=O)O. The minimum absolute atomic E-state index is 0. The zero-order valence-electron chi connectivity index (χ0n) is 12.2. The number of hydrogen-bond donors (Lipinski definition) is 8. The fraction of sp³-hybridized carbons (Fsp3) is 0.333. The van der Waals surface area contributed by atoms with Gasteiger partial charge in [-0.05, 0) is 17.7 Å². The molecule has 0 bridgehead atoms. The molecule has 0 aromatic heterocycles. The third-order valence-corrected chi connectivity index (χ3v) is 2.41. The molecule has 140 valence electrons. The lowest BCUT2D eigenvalue weighted by atomic mass is 10.1. The normalized spacial score (nSPS) is 13.0. The van der Waals surface area contributed by atoms with E-state index in [1.54, 1.807) is 0 Å². The van der Waals surface area contributed by atoms with Gasteiger partial charge in [0.1, 0.15) is 0 Å². The predicted molar refractivity (Wildman–Crippen MR) is 78.3 cm³/mol. The van der Waals surface area contributed by atoms with Gasteiger partial charge >= 0.3 is 11.9 Å².